The first-order chi connectivity index (χ1) is 16.5. The molecule has 3 N–H and O–H groups in total. The number of amides is 1. The Morgan fingerprint density at radius 3 is 2.74 bits per heavy atom. The minimum Gasteiger partial charge on any atom is -0.491 e. The van der Waals surface area contributed by atoms with Crippen LogP contribution in [0.2, 0.25) is 0 Å². The molecule has 1 unspecified atom stereocenters. The Kier molecular flexibility index (Phi) is 6.55. The minimum absolute atomic E-state index is 0.132. The fraction of sp³-hybridized carbons (Fsp3) is 0.444. The number of carbonyl (C=O) groups is 1. The number of primary amides is 1. The number of unbranched alkanes of at least 4 members (excludes halogenated alkanes) is 1. The highest BCUT2D eigenvalue weighted by atomic mass is 19.1. The van der Waals surface area contributed by atoms with Crippen molar-refractivity contribution in [3.8, 4) is 5.75 Å². The van der Waals surface area contributed by atoms with Crippen LogP contribution in [-0.2, 0) is 19.5 Å². The second kappa shape index (κ2) is 9.74. The number of aryl methyl sites for hydroxylation is 1. The van der Waals surface area contributed by atoms with Crippen molar-refractivity contribution in [2.75, 3.05) is 13.2 Å². The third kappa shape index (κ3) is 4.41. The summed E-state index contributed by atoms with van der Waals surface area (Å²) in [6.45, 7) is 0.788. The summed E-state index contributed by atoms with van der Waals surface area (Å²) < 4.78 is 33.2. The number of nitrogens with two attached hydrogens (primary N) is 1. The zero-order valence-electron chi connectivity index (χ0n) is 19.3. The number of carbonyl (C=O) groups excluding carboxylic acids is 1. The molecule has 1 aliphatic heterocycles. The molecule has 5 nitrogen and oxygen atoms in total. The van der Waals surface area contributed by atoms with Crippen LogP contribution in [0.1, 0.15) is 59.2 Å². The lowest BCUT2D eigenvalue weighted by Gasteiger charge is -2.44. The molecule has 1 aliphatic carbocycles. The summed E-state index contributed by atoms with van der Waals surface area (Å²) in [6, 6.07) is 8.72. The molecule has 0 saturated heterocycles. The molecular weight excluding hydrogens is 436 g/mol. The molecule has 2 aliphatic rings. The maximum atomic E-state index is 13.7. The molecule has 1 saturated carbocycles. The molecule has 0 bridgehead atoms. The van der Waals surface area contributed by atoms with Crippen LogP contribution in [0, 0.1) is 5.82 Å². The van der Waals surface area contributed by atoms with Gasteiger partial charge in [-0.05, 0) is 74.9 Å². The molecule has 0 spiro atoms. The van der Waals surface area contributed by atoms with Gasteiger partial charge in [0, 0.05) is 45.9 Å². The number of benzene rings is 2. The molecule has 2 heterocycles. The summed E-state index contributed by atoms with van der Waals surface area (Å²) in [6.07, 6.45) is 9.07. The first-order valence-corrected chi connectivity index (χ1v) is 12.2. The van der Waals surface area contributed by atoms with Gasteiger partial charge >= 0.3 is 0 Å². The Balaban J connectivity index is 1.27. The molecular formula is C27H31F2N3O2. The fourth-order valence-corrected chi connectivity index (χ4v) is 5.43. The summed E-state index contributed by atoms with van der Waals surface area (Å²) in [7, 11) is 0. The van der Waals surface area contributed by atoms with Crippen LogP contribution in [0.3, 0.4) is 0 Å². The number of H-pyrrole nitrogens is 1. The summed E-state index contributed by atoms with van der Waals surface area (Å²) >= 11 is 0. The third-order valence-electron chi connectivity index (χ3n) is 7.47. The van der Waals surface area contributed by atoms with E-state index in [-0.39, 0.29) is 11.9 Å². The Morgan fingerprint density at radius 1 is 1.15 bits per heavy atom. The molecule has 2 aromatic carbocycles. The van der Waals surface area contributed by atoms with Crippen LogP contribution in [0.25, 0.3) is 10.9 Å². The first kappa shape index (κ1) is 22.8. The van der Waals surface area contributed by atoms with Crippen LogP contribution in [-0.4, -0.2) is 41.0 Å². The highest BCUT2D eigenvalue weighted by Gasteiger charge is 2.35. The van der Waals surface area contributed by atoms with Gasteiger partial charge < -0.3 is 15.5 Å². The SMILES string of the molecule is NC(=O)c1ccc(CF)c2c1CC(N(CCCCc1c[nH]c3ccc(F)cc13)C1CCC1)CO2. The highest BCUT2D eigenvalue weighted by molar-refractivity contribution is 5.95. The van der Waals surface area contributed by atoms with E-state index in [1.54, 1.807) is 24.3 Å². The van der Waals surface area contributed by atoms with E-state index in [0.29, 0.717) is 35.9 Å². The highest BCUT2D eigenvalue weighted by Crippen LogP contribution is 2.36. The van der Waals surface area contributed by atoms with Crippen LogP contribution in [0.4, 0.5) is 8.78 Å². The van der Waals surface area contributed by atoms with Crippen molar-refractivity contribution in [2.24, 2.45) is 5.73 Å². The van der Waals surface area contributed by atoms with Crippen LogP contribution in [0.5, 0.6) is 5.75 Å². The van der Waals surface area contributed by atoms with E-state index < -0.39 is 12.6 Å². The number of fused-ring (bicyclic) bond motifs is 2. The molecule has 34 heavy (non-hydrogen) atoms. The normalized spacial score (nSPS) is 18.0. The second-order valence-electron chi connectivity index (χ2n) is 9.53. The topological polar surface area (TPSA) is 71.4 Å². The van der Waals surface area contributed by atoms with Crippen LogP contribution < -0.4 is 10.5 Å². The molecule has 1 amide bonds. The second-order valence-corrected chi connectivity index (χ2v) is 9.53. The number of hydrogen-bond acceptors (Lipinski definition) is 3. The number of hydrogen-bond donors (Lipinski definition) is 2. The van der Waals surface area contributed by atoms with Gasteiger partial charge in [-0.1, -0.05) is 12.5 Å². The number of nitrogens with zero attached hydrogens (tertiary/aromatic N) is 1. The molecule has 1 atom stereocenters. The van der Waals surface area contributed by atoms with Gasteiger partial charge in [0.2, 0.25) is 5.91 Å². The predicted molar refractivity (Wildman–Crippen MR) is 128 cm³/mol. The van der Waals surface area contributed by atoms with Gasteiger partial charge in [-0.15, -0.1) is 0 Å². The number of halogens is 2. The molecule has 1 aromatic heterocycles. The summed E-state index contributed by atoms with van der Waals surface area (Å²) in [5.74, 6) is -0.222. The van der Waals surface area contributed by atoms with Gasteiger partial charge in [-0.3, -0.25) is 9.69 Å². The van der Waals surface area contributed by atoms with E-state index in [1.807, 2.05) is 6.20 Å². The average Bonchev–Trinajstić information content (AvgIpc) is 3.20. The number of ether oxygens (including phenoxy) is 1. The van der Waals surface area contributed by atoms with E-state index in [4.69, 9.17) is 10.5 Å². The van der Waals surface area contributed by atoms with E-state index in [1.165, 1.54) is 12.5 Å². The zero-order valence-corrected chi connectivity index (χ0v) is 19.3. The third-order valence-corrected chi connectivity index (χ3v) is 7.47. The molecule has 3 aromatic rings. The average molecular weight is 468 g/mol. The fourth-order valence-electron chi connectivity index (χ4n) is 5.43. The van der Waals surface area contributed by atoms with Crippen molar-refractivity contribution < 1.29 is 18.3 Å². The Hall–Kier alpha value is -2.93. The Labute approximate surface area is 198 Å². The van der Waals surface area contributed by atoms with E-state index in [2.05, 4.69) is 9.88 Å². The minimum atomic E-state index is -0.629. The maximum Gasteiger partial charge on any atom is 0.249 e. The number of alkyl halides is 1. The van der Waals surface area contributed by atoms with Crippen molar-refractivity contribution in [2.45, 2.75) is 63.7 Å². The van der Waals surface area contributed by atoms with Crippen molar-refractivity contribution in [3.05, 3.63) is 64.6 Å². The van der Waals surface area contributed by atoms with E-state index in [9.17, 15) is 13.6 Å². The standard InChI is InChI=1S/C27H31F2N3O2/c28-14-17-7-9-22(27(30)33)24-13-21(16-34-26(17)24)32(20-5-3-6-20)11-2-1-4-18-15-31-25-10-8-19(29)12-23(18)25/h7-10,12,15,20-21,31H,1-6,11,13-14,16H2,(H2,30,33). The molecule has 5 rings (SSSR count). The van der Waals surface area contributed by atoms with E-state index in [0.717, 1.165) is 60.7 Å². The lowest BCUT2D eigenvalue weighted by molar-refractivity contribution is 0.0425. The smallest absolute Gasteiger partial charge is 0.249 e. The number of aromatic amines is 1. The molecule has 180 valence electrons. The largest absolute Gasteiger partial charge is 0.491 e. The van der Waals surface area contributed by atoms with Gasteiger partial charge in [0.25, 0.3) is 0 Å². The molecule has 7 heteroatoms. The van der Waals surface area contributed by atoms with Crippen molar-refractivity contribution in [1.82, 2.24) is 9.88 Å². The lowest BCUT2D eigenvalue weighted by atomic mass is 9.87. The molecule has 0 radical (unpaired) electrons. The quantitative estimate of drug-likeness (QED) is 0.432. The lowest BCUT2D eigenvalue weighted by Crippen LogP contribution is -2.51. The zero-order chi connectivity index (χ0) is 23.7. The van der Waals surface area contributed by atoms with Gasteiger partial charge in [-0.2, -0.15) is 0 Å². The molecule has 1 fully saturated rings. The van der Waals surface area contributed by atoms with Gasteiger partial charge in [0.15, 0.2) is 0 Å². The van der Waals surface area contributed by atoms with Crippen molar-refractivity contribution >= 4 is 16.8 Å². The first-order valence-electron chi connectivity index (χ1n) is 12.2. The van der Waals surface area contributed by atoms with Crippen molar-refractivity contribution in [1.29, 1.82) is 0 Å². The van der Waals surface area contributed by atoms with Gasteiger partial charge in [-0.25, -0.2) is 8.78 Å². The Bertz CT molecular complexity index is 1190. The summed E-state index contributed by atoms with van der Waals surface area (Å²) in [5, 5.41) is 0.954. The van der Waals surface area contributed by atoms with Gasteiger partial charge in [0.05, 0.1) is 0 Å². The predicted octanol–water partition coefficient (Wildman–Crippen LogP) is 5.06. The van der Waals surface area contributed by atoms with Crippen LogP contribution in [0.15, 0.2) is 36.5 Å². The van der Waals surface area contributed by atoms with Crippen molar-refractivity contribution in [3.63, 3.8) is 0 Å². The number of nitrogens with one attached hydrogen (secondary N) is 1. The number of rotatable bonds is 9. The summed E-state index contributed by atoms with van der Waals surface area (Å²) in [5.41, 5.74) is 9.36. The number of aromatic nitrogens is 1. The van der Waals surface area contributed by atoms with Gasteiger partial charge in [0.1, 0.15) is 24.8 Å². The van der Waals surface area contributed by atoms with E-state index >= 15 is 0 Å². The maximum absolute atomic E-state index is 13.7. The van der Waals surface area contributed by atoms with Crippen LogP contribution >= 0.6 is 0 Å². The Morgan fingerprint density at radius 2 is 2.00 bits per heavy atom. The summed E-state index contributed by atoms with van der Waals surface area (Å²) in [4.78, 5) is 17.8. The monoisotopic (exact) mass is 467 g/mol.